The molecule has 0 heterocycles. The molecule has 0 saturated carbocycles. The molecule has 0 fully saturated rings. The average molecular weight is 450 g/mol. The molecule has 9 N–H and O–H groups in total. The van der Waals surface area contributed by atoms with E-state index in [0.717, 1.165) is 6.92 Å². The topological polar surface area (TPSA) is 263 Å². The molecule has 176 valence electrons. The Labute approximate surface area is 176 Å². The molecule has 0 unspecified atom stereocenters. The first-order chi connectivity index (χ1) is 14.2. The molecule has 0 aliphatic rings. The van der Waals surface area contributed by atoms with Gasteiger partial charge in [0.05, 0.1) is 12.5 Å². The van der Waals surface area contributed by atoms with Crippen molar-refractivity contribution < 1.29 is 54.0 Å². The zero-order valence-electron chi connectivity index (χ0n) is 16.8. The van der Waals surface area contributed by atoms with Gasteiger partial charge in [0, 0.05) is 13.3 Å². The highest BCUT2D eigenvalue weighted by molar-refractivity contribution is 5.95. The fourth-order valence-corrected chi connectivity index (χ4v) is 1.78. The molecule has 0 aromatic carbocycles. The van der Waals surface area contributed by atoms with E-state index in [1.165, 1.54) is 6.92 Å². The number of hydrogen-bond acceptors (Lipinski definition) is 8. The van der Waals surface area contributed by atoms with Gasteiger partial charge in [0.1, 0.15) is 18.6 Å². The molecule has 0 saturated heterocycles. The van der Waals surface area contributed by atoms with Crippen LogP contribution in [-0.2, 0) is 33.6 Å². The third kappa shape index (κ3) is 16.9. The monoisotopic (exact) mass is 450 g/mol. The van der Waals surface area contributed by atoms with E-state index in [9.17, 15) is 28.8 Å². The summed E-state index contributed by atoms with van der Waals surface area (Å²) in [5.74, 6) is -7.75. The van der Waals surface area contributed by atoms with E-state index in [1.807, 2.05) is 5.32 Å². The number of aliphatic carboxylic acids is 4. The van der Waals surface area contributed by atoms with Crippen LogP contribution in [0.3, 0.4) is 0 Å². The first-order valence-electron chi connectivity index (χ1n) is 8.66. The lowest BCUT2D eigenvalue weighted by atomic mass is 10.1. The molecule has 3 amide bonds. The fraction of sp³-hybridized carbons (Fsp3) is 0.562. The van der Waals surface area contributed by atoms with Crippen LogP contribution in [0, 0.1) is 0 Å². The van der Waals surface area contributed by atoms with E-state index in [2.05, 4.69) is 10.6 Å². The molecular weight excluding hydrogens is 424 g/mol. The van der Waals surface area contributed by atoms with Gasteiger partial charge in [-0.1, -0.05) is 0 Å². The summed E-state index contributed by atoms with van der Waals surface area (Å²) in [6, 6.07) is -4.02. The van der Waals surface area contributed by atoms with Crippen LogP contribution in [0.25, 0.3) is 0 Å². The molecule has 31 heavy (non-hydrogen) atoms. The Morgan fingerprint density at radius 3 is 1.65 bits per heavy atom. The molecule has 3 atom stereocenters. The zero-order chi connectivity index (χ0) is 24.7. The van der Waals surface area contributed by atoms with Crippen molar-refractivity contribution in [2.24, 2.45) is 5.73 Å². The molecule has 0 aliphatic heterocycles. The Morgan fingerprint density at radius 2 is 1.26 bits per heavy atom. The van der Waals surface area contributed by atoms with Gasteiger partial charge in [-0.05, 0) is 13.3 Å². The summed E-state index contributed by atoms with van der Waals surface area (Å²) in [7, 11) is 0. The third-order valence-corrected chi connectivity index (χ3v) is 3.12. The number of rotatable bonds is 12. The van der Waals surface area contributed by atoms with Crippen molar-refractivity contribution in [1.82, 2.24) is 16.0 Å². The van der Waals surface area contributed by atoms with Crippen LogP contribution in [0.15, 0.2) is 0 Å². The molecule has 0 spiro atoms. The van der Waals surface area contributed by atoms with Gasteiger partial charge in [-0.15, -0.1) is 0 Å². The van der Waals surface area contributed by atoms with Crippen molar-refractivity contribution >= 4 is 41.6 Å². The van der Waals surface area contributed by atoms with Crippen LogP contribution >= 0.6 is 0 Å². The summed E-state index contributed by atoms with van der Waals surface area (Å²) >= 11 is 0. The predicted octanol–water partition coefficient (Wildman–Crippen LogP) is -3.07. The Kier molecular flexibility index (Phi) is 14.4. The van der Waals surface area contributed by atoms with Crippen LogP contribution in [0.5, 0.6) is 0 Å². The van der Waals surface area contributed by atoms with Crippen molar-refractivity contribution in [1.29, 1.82) is 0 Å². The minimum Gasteiger partial charge on any atom is -0.481 e. The van der Waals surface area contributed by atoms with Crippen LogP contribution in [0.1, 0.15) is 33.1 Å². The number of carboxylic acid groups (broad SMARTS) is 4. The third-order valence-electron chi connectivity index (χ3n) is 3.12. The minimum atomic E-state index is -1.63. The smallest absolute Gasteiger partial charge is 0.322 e. The van der Waals surface area contributed by atoms with E-state index in [4.69, 9.17) is 31.0 Å². The molecule has 0 aromatic heterocycles. The van der Waals surface area contributed by atoms with Gasteiger partial charge in [-0.3, -0.25) is 33.6 Å². The molecule has 15 nitrogen and oxygen atoms in total. The van der Waals surface area contributed by atoms with Crippen LogP contribution in [0.2, 0.25) is 0 Å². The second-order valence-electron chi connectivity index (χ2n) is 6.07. The molecular formula is C16H26N4O11. The van der Waals surface area contributed by atoms with Crippen LogP contribution in [-0.4, -0.2) is 86.7 Å². The fourth-order valence-electron chi connectivity index (χ4n) is 1.78. The minimum absolute atomic E-state index is 0.337. The second kappa shape index (κ2) is 15.1. The van der Waals surface area contributed by atoms with E-state index in [1.54, 1.807) is 0 Å². The first kappa shape index (κ1) is 29.5. The summed E-state index contributed by atoms with van der Waals surface area (Å²) in [5.41, 5.74) is 5.37. The number of carbonyl (C=O) groups excluding carboxylic acids is 3. The van der Waals surface area contributed by atoms with Crippen molar-refractivity contribution in [2.45, 2.75) is 51.2 Å². The quantitative estimate of drug-likeness (QED) is 0.147. The Balaban J connectivity index is 0. The summed E-state index contributed by atoms with van der Waals surface area (Å²) < 4.78 is 0. The second-order valence-corrected chi connectivity index (χ2v) is 6.07. The van der Waals surface area contributed by atoms with Crippen LogP contribution < -0.4 is 21.7 Å². The number of carbonyl (C=O) groups is 7. The summed E-state index contributed by atoms with van der Waals surface area (Å²) in [6.45, 7) is 1.61. The van der Waals surface area contributed by atoms with Gasteiger partial charge in [0.25, 0.3) is 5.97 Å². The van der Waals surface area contributed by atoms with Crippen molar-refractivity contribution in [3.05, 3.63) is 0 Å². The van der Waals surface area contributed by atoms with Gasteiger partial charge < -0.3 is 42.1 Å². The maximum Gasteiger partial charge on any atom is 0.322 e. The van der Waals surface area contributed by atoms with Crippen molar-refractivity contribution in [3.63, 3.8) is 0 Å². The van der Waals surface area contributed by atoms with Crippen molar-refractivity contribution in [3.8, 4) is 0 Å². The molecule has 0 aromatic rings. The molecule has 0 bridgehead atoms. The van der Waals surface area contributed by atoms with Gasteiger partial charge >= 0.3 is 17.9 Å². The lowest BCUT2D eigenvalue weighted by Gasteiger charge is -2.22. The maximum atomic E-state index is 12.3. The van der Waals surface area contributed by atoms with E-state index < -0.39 is 79.1 Å². The van der Waals surface area contributed by atoms with E-state index in [0.29, 0.717) is 0 Å². The van der Waals surface area contributed by atoms with Gasteiger partial charge in [-0.25, -0.2) is 0 Å². The van der Waals surface area contributed by atoms with Gasteiger partial charge in [-0.2, -0.15) is 0 Å². The zero-order valence-corrected chi connectivity index (χ0v) is 16.8. The standard InChI is InChI=1S/C14H22N4O9.C2H4O2/c1-6(15)12(25)17-7(2-3-9(19)20)14(27)18-8(4-10(21)22)13(26)16-5-11(23)24;1-2(3)4/h6-8H,2-5,15H2,1H3,(H,16,26)(H,17,25)(H,18,27)(H,19,20)(H,21,22)(H,23,24);1H3,(H,3,4)/t6-,7-,8+;/m0./s1. The number of nitrogens with one attached hydrogen (secondary N) is 3. The highest BCUT2D eigenvalue weighted by atomic mass is 16.4. The van der Waals surface area contributed by atoms with E-state index >= 15 is 0 Å². The Bertz CT molecular complexity index is 689. The molecule has 0 rings (SSSR count). The summed E-state index contributed by atoms with van der Waals surface area (Å²) in [6.07, 6.45) is -1.69. The summed E-state index contributed by atoms with van der Waals surface area (Å²) in [5, 5.41) is 39.7. The number of nitrogens with two attached hydrogens (primary N) is 1. The number of carboxylic acids is 4. The SMILES string of the molecule is CC(=O)O.C[C@H](N)C(=O)N[C@@H](CCC(=O)O)C(=O)N[C@H](CC(=O)O)C(=O)NCC(=O)O. The molecule has 15 heteroatoms. The van der Waals surface area contributed by atoms with E-state index in [-0.39, 0.29) is 6.42 Å². The molecule has 0 radical (unpaired) electrons. The average Bonchev–Trinajstić information content (AvgIpc) is 2.60. The largest absolute Gasteiger partial charge is 0.481 e. The highest BCUT2D eigenvalue weighted by Gasteiger charge is 2.29. The van der Waals surface area contributed by atoms with Gasteiger partial charge in [0.15, 0.2) is 0 Å². The van der Waals surface area contributed by atoms with Crippen LogP contribution in [0.4, 0.5) is 0 Å². The van der Waals surface area contributed by atoms with Gasteiger partial charge in [0.2, 0.25) is 17.7 Å². The van der Waals surface area contributed by atoms with Crippen molar-refractivity contribution in [2.75, 3.05) is 6.54 Å². The lowest BCUT2D eigenvalue weighted by molar-refractivity contribution is -0.141. The maximum absolute atomic E-state index is 12.3. The summed E-state index contributed by atoms with van der Waals surface area (Å²) in [4.78, 5) is 76.9. The first-order valence-corrected chi connectivity index (χ1v) is 8.66. The highest BCUT2D eigenvalue weighted by Crippen LogP contribution is 2.02. The number of hydrogen-bond donors (Lipinski definition) is 8. The lowest BCUT2D eigenvalue weighted by Crippen LogP contribution is -2.56. The Hall–Kier alpha value is -3.75. The Morgan fingerprint density at radius 1 is 0.774 bits per heavy atom. The number of amides is 3. The normalized spacial score (nSPS) is 12.6. The predicted molar refractivity (Wildman–Crippen MR) is 101 cm³/mol. The molecule has 0 aliphatic carbocycles.